The summed E-state index contributed by atoms with van der Waals surface area (Å²) in [6, 6.07) is 3.07. The minimum Gasteiger partial charge on any atom is -0.505 e. The van der Waals surface area contributed by atoms with E-state index in [1.807, 2.05) is 0 Å². The van der Waals surface area contributed by atoms with E-state index in [4.69, 9.17) is 4.42 Å². The second-order valence-corrected chi connectivity index (χ2v) is 2.32. The van der Waals surface area contributed by atoms with Crippen LogP contribution in [0.5, 0.6) is 5.75 Å². The van der Waals surface area contributed by atoms with E-state index in [0.717, 1.165) is 0 Å². The lowest BCUT2D eigenvalue weighted by Crippen LogP contribution is -1.81. The number of aromatic nitrogens is 1. The minimum atomic E-state index is -0.128. The Morgan fingerprint density at radius 1 is 1.50 bits per heavy atom. The first kappa shape index (κ1) is 6.84. The van der Waals surface area contributed by atoms with Crippen molar-refractivity contribution in [2.24, 2.45) is 0 Å². The maximum absolute atomic E-state index is 10.4. The first-order valence-electron chi connectivity index (χ1n) is 3.33. The largest absolute Gasteiger partial charge is 0.505 e. The van der Waals surface area contributed by atoms with Crippen LogP contribution in [0.25, 0.3) is 11.1 Å². The molecular weight excluding hydrogens is 158 g/mol. The second-order valence-electron chi connectivity index (χ2n) is 2.32. The third-order valence-corrected chi connectivity index (χ3v) is 1.63. The number of phenolic OH excluding ortho intramolecular Hbond substituents is 1. The number of oxazole rings is 1. The van der Waals surface area contributed by atoms with E-state index in [9.17, 15) is 9.90 Å². The second kappa shape index (κ2) is 2.34. The molecule has 4 heteroatoms. The number of nitrogens with zero attached hydrogens (tertiary/aromatic N) is 1. The minimum absolute atomic E-state index is 0.128. The molecule has 60 valence electrons. The van der Waals surface area contributed by atoms with E-state index in [1.165, 1.54) is 12.5 Å². The highest BCUT2D eigenvalue weighted by molar-refractivity contribution is 5.90. The molecule has 0 spiro atoms. The fourth-order valence-electron chi connectivity index (χ4n) is 1.03. The summed E-state index contributed by atoms with van der Waals surface area (Å²) in [6.45, 7) is 0. The summed E-state index contributed by atoms with van der Waals surface area (Å²) < 4.78 is 4.91. The summed E-state index contributed by atoms with van der Waals surface area (Å²) in [4.78, 5) is 14.1. The molecule has 2 aromatic rings. The predicted octanol–water partition coefficient (Wildman–Crippen LogP) is 1.35. The molecule has 1 aromatic heterocycles. The number of phenols is 1. The molecule has 0 aliphatic rings. The normalized spacial score (nSPS) is 10.3. The summed E-state index contributed by atoms with van der Waals surface area (Å²) in [6.07, 6.45) is 1.79. The molecule has 0 amide bonds. The summed E-state index contributed by atoms with van der Waals surface area (Å²) in [7, 11) is 0. The lowest BCUT2D eigenvalue weighted by atomic mass is 10.2. The van der Waals surface area contributed by atoms with Crippen LogP contribution in [0.3, 0.4) is 0 Å². The van der Waals surface area contributed by atoms with Gasteiger partial charge in [-0.2, -0.15) is 0 Å². The summed E-state index contributed by atoms with van der Waals surface area (Å²) in [5.41, 5.74) is 1.01. The van der Waals surface area contributed by atoms with E-state index >= 15 is 0 Å². The van der Waals surface area contributed by atoms with Crippen molar-refractivity contribution in [3.63, 3.8) is 0 Å². The van der Waals surface area contributed by atoms with Crippen LogP contribution in [0.15, 0.2) is 22.9 Å². The zero-order valence-corrected chi connectivity index (χ0v) is 6.02. The van der Waals surface area contributed by atoms with Gasteiger partial charge >= 0.3 is 0 Å². The Morgan fingerprint density at radius 2 is 2.33 bits per heavy atom. The smallest absolute Gasteiger partial charge is 0.182 e. The molecule has 4 nitrogen and oxygen atoms in total. The van der Waals surface area contributed by atoms with Crippen LogP contribution in [0.4, 0.5) is 0 Å². The van der Waals surface area contributed by atoms with Gasteiger partial charge in [0.05, 0.1) is 5.56 Å². The number of hydrogen-bond donors (Lipinski definition) is 1. The van der Waals surface area contributed by atoms with Crippen LogP contribution < -0.4 is 0 Å². The van der Waals surface area contributed by atoms with Crippen molar-refractivity contribution in [1.82, 2.24) is 4.98 Å². The quantitative estimate of drug-likeness (QED) is 0.644. The van der Waals surface area contributed by atoms with Gasteiger partial charge in [-0.1, -0.05) is 0 Å². The molecule has 0 unspecified atom stereocenters. The van der Waals surface area contributed by atoms with Crippen molar-refractivity contribution >= 4 is 17.4 Å². The molecule has 0 bridgehead atoms. The average Bonchev–Trinajstić information content (AvgIpc) is 2.53. The lowest BCUT2D eigenvalue weighted by Gasteiger charge is -1.94. The first-order valence-corrected chi connectivity index (χ1v) is 3.33. The fourth-order valence-corrected chi connectivity index (χ4v) is 1.03. The van der Waals surface area contributed by atoms with Gasteiger partial charge in [0.2, 0.25) is 0 Å². The van der Waals surface area contributed by atoms with Crippen LogP contribution in [0.1, 0.15) is 10.4 Å². The van der Waals surface area contributed by atoms with E-state index in [1.54, 1.807) is 6.07 Å². The van der Waals surface area contributed by atoms with Gasteiger partial charge < -0.3 is 9.52 Å². The Labute approximate surface area is 67.4 Å². The maximum atomic E-state index is 10.4. The summed E-state index contributed by atoms with van der Waals surface area (Å²) >= 11 is 0. The van der Waals surface area contributed by atoms with Crippen LogP contribution in [0, 0.1) is 0 Å². The molecule has 0 radical (unpaired) electrons. The Morgan fingerprint density at radius 3 is 3.08 bits per heavy atom. The molecule has 0 aliphatic carbocycles. The number of hydrogen-bond acceptors (Lipinski definition) is 4. The van der Waals surface area contributed by atoms with E-state index in [0.29, 0.717) is 17.4 Å². The van der Waals surface area contributed by atoms with Gasteiger partial charge in [-0.25, -0.2) is 4.98 Å². The highest BCUT2D eigenvalue weighted by Gasteiger charge is 2.08. The number of carbonyl (C=O) groups excluding carboxylic acids is 1. The monoisotopic (exact) mass is 163 g/mol. The standard InChI is InChI=1S/C8H5NO3/c10-3-5-1-2-6-7(8(5)11)9-4-12-6/h1-4,11H. The Hall–Kier alpha value is -1.84. The predicted molar refractivity (Wildman–Crippen MR) is 41.1 cm³/mol. The van der Waals surface area contributed by atoms with Gasteiger partial charge in [0, 0.05) is 0 Å². The molecule has 1 N–H and O–H groups in total. The topological polar surface area (TPSA) is 63.3 Å². The van der Waals surface area contributed by atoms with Gasteiger partial charge in [0.1, 0.15) is 0 Å². The molecule has 1 heterocycles. The number of carbonyl (C=O) groups is 1. The van der Waals surface area contributed by atoms with E-state index in [-0.39, 0.29) is 11.3 Å². The van der Waals surface area contributed by atoms with Gasteiger partial charge in [0.15, 0.2) is 29.5 Å². The third kappa shape index (κ3) is 0.780. The van der Waals surface area contributed by atoms with Crippen LogP contribution in [-0.2, 0) is 0 Å². The molecule has 0 saturated heterocycles. The Kier molecular flexibility index (Phi) is 1.33. The molecule has 12 heavy (non-hydrogen) atoms. The molecule has 0 aliphatic heterocycles. The van der Waals surface area contributed by atoms with Gasteiger partial charge in [0.25, 0.3) is 0 Å². The zero-order valence-electron chi connectivity index (χ0n) is 6.02. The van der Waals surface area contributed by atoms with Crippen molar-refractivity contribution in [2.75, 3.05) is 0 Å². The highest BCUT2D eigenvalue weighted by atomic mass is 16.3. The van der Waals surface area contributed by atoms with Crippen LogP contribution in [0.2, 0.25) is 0 Å². The van der Waals surface area contributed by atoms with Crippen molar-refractivity contribution in [2.45, 2.75) is 0 Å². The molecular formula is C8H5NO3. The number of aldehydes is 1. The lowest BCUT2D eigenvalue weighted by molar-refractivity contribution is 0.112. The van der Waals surface area contributed by atoms with Gasteiger partial charge in [-0.3, -0.25) is 4.79 Å². The Balaban J connectivity index is 2.86. The van der Waals surface area contributed by atoms with Crippen LogP contribution in [-0.4, -0.2) is 16.4 Å². The summed E-state index contributed by atoms with van der Waals surface area (Å²) in [5.74, 6) is -0.128. The molecule has 2 rings (SSSR count). The zero-order chi connectivity index (χ0) is 8.55. The van der Waals surface area contributed by atoms with Crippen molar-refractivity contribution < 1.29 is 14.3 Å². The van der Waals surface area contributed by atoms with Crippen molar-refractivity contribution in [1.29, 1.82) is 0 Å². The molecule has 0 saturated carbocycles. The van der Waals surface area contributed by atoms with E-state index in [2.05, 4.69) is 4.98 Å². The van der Waals surface area contributed by atoms with Gasteiger partial charge in [-0.15, -0.1) is 0 Å². The Bertz CT molecular complexity index is 433. The third-order valence-electron chi connectivity index (χ3n) is 1.63. The maximum Gasteiger partial charge on any atom is 0.182 e. The SMILES string of the molecule is O=Cc1ccc2ocnc2c1O. The molecule has 1 aromatic carbocycles. The first-order chi connectivity index (χ1) is 5.83. The number of aromatic hydroxyl groups is 1. The molecule has 0 fully saturated rings. The van der Waals surface area contributed by atoms with Gasteiger partial charge in [-0.05, 0) is 12.1 Å². The molecule has 0 atom stereocenters. The number of benzene rings is 1. The summed E-state index contributed by atoms with van der Waals surface area (Å²) in [5, 5.41) is 9.38. The van der Waals surface area contributed by atoms with Crippen molar-refractivity contribution in [3.05, 3.63) is 24.1 Å². The average molecular weight is 163 g/mol. The van der Waals surface area contributed by atoms with E-state index < -0.39 is 0 Å². The van der Waals surface area contributed by atoms with Crippen LogP contribution >= 0.6 is 0 Å². The number of fused-ring (bicyclic) bond motifs is 1. The fraction of sp³-hybridized carbons (Fsp3) is 0. The number of rotatable bonds is 1. The highest BCUT2D eigenvalue weighted by Crippen LogP contribution is 2.25. The van der Waals surface area contributed by atoms with Crippen molar-refractivity contribution in [3.8, 4) is 5.75 Å².